The first-order valence-corrected chi connectivity index (χ1v) is 12.3. The van der Waals surface area contributed by atoms with Crippen molar-refractivity contribution < 1.29 is 13.2 Å². The predicted octanol–water partition coefficient (Wildman–Crippen LogP) is 4.26. The Kier molecular flexibility index (Phi) is 6.82. The highest BCUT2D eigenvalue weighted by Crippen LogP contribution is 2.27. The Morgan fingerprint density at radius 2 is 1.81 bits per heavy atom. The number of thiophene rings is 1. The Bertz CT molecular complexity index is 1040. The van der Waals surface area contributed by atoms with Crippen LogP contribution in [0.25, 0.3) is 0 Å². The fraction of sp³-hybridized carbons (Fsp3) is 0.125. The summed E-state index contributed by atoms with van der Waals surface area (Å²) in [6.07, 6.45) is 1.78. The van der Waals surface area contributed by atoms with E-state index in [1.165, 1.54) is 17.4 Å². The summed E-state index contributed by atoms with van der Waals surface area (Å²) >= 11 is 8.87. The second-order valence-corrected chi connectivity index (χ2v) is 12.2. The van der Waals surface area contributed by atoms with Crippen molar-refractivity contribution in [3.63, 3.8) is 0 Å². The highest BCUT2D eigenvalue weighted by Gasteiger charge is 2.27. The number of sulfonamides is 1. The fourth-order valence-electron chi connectivity index (χ4n) is 2.23. The second-order valence-electron chi connectivity index (χ2n) is 5.38. The lowest BCUT2D eigenvalue weighted by molar-refractivity contribution is -0.117. The van der Waals surface area contributed by atoms with Crippen molar-refractivity contribution in [2.75, 3.05) is 5.32 Å². The number of nitrogens with zero attached hydrogens (tertiary/aromatic N) is 1. The molecule has 0 saturated carbocycles. The van der Waals surface area contributed by atoms with Gasteiger partial charge in [0.05, 0.1) is 13.8 Å². The predicted molar refractivity (Wildman–Crippen MR) is 115 cm³/mol. The number of aromatic nitrogens is 1. The molecular formula is C16H13Br2N3O3S3. The van der Waals surface area contributed by atoms with E-state index < -0.39 is 22.0 Å². The molecule has 1 aromatic carbocycles. The molecule has 0 bridgehead atoms. The Balaban J connectivity index is 1.83. The normalized spacial score (nSPS) is 12.7. The van der Waals surface area contributed by atoms with E-state index in [2.05, 4.69) is 46.9 Å². The molecule has 27 heavy (non-hydrogen) atoms. The van der Waals surface area contributed by atoms with Gasteiger partial charge in [0.2, 0.25) is 5.91 Å². The number of hydrogen-bond acceptors (Lipinski definition) is 6. The molecule has 0 aliphatic rings. The van der Waals surface area contributed by atoms with Crippen LogP contribution in [0.5, 0.6) is 0 Å². The van der Waals surface area contributed by atoms with E-state index >= 15 is 0 Å². The molecule has 6 nitrogen and oxygen atoms in total. The molecule has 2 N–H and O–H groups in total. The molecule has 0 saturated heterocycles. The molecule has 0 fully saturated rings. The van der Waals surface area contributed by atoms with E-state index in [-0.39, 0.29) is 10.6 Å². The molecule has 0 radical (unpaired) electrons. The minimum atomic E-state index is -3.84. The summed E-state index contributed by atoms with van der Waals surface area (Å²) in [6, 6.07) is 11.4. The third kappa shape index (κ3) is 5.69. The van der Waals surface area contributed by atoms with E-state index in [1.54, 1.807) is 12.3 Å². The summed E-state index contributed by atoms with van der Waals surface area (Å²) in [5, 5.41) is 3.06. The lowest BCUT2D eigenvalue weighted by Gasteiger charge is -2.17. The van der Waals surface area contributed by atoms with Gasteiger partial charge in [0, 0.05) is 0 Å². The molecular weight excluding hydrogens is 538 g/mol. The Hall–Kier alpha value is -1.11. The van der Waals surface area contributed by atoms with Crippen molar-refractivity contribution in [1.82, 2.24) is 9.71 Å². The number of anilines is 1. The Morgan fingerprint density at radius 3 is 2.41 bits per heavy atom. The number of hydrogen-bond donors (Lipinski definition) is 2. The molecule has 11 heteroatoms. The van der Waals surface area contributed by atoms with E-state index in [1.807, 2.05) is 30.3 Å². The Labute approximate surface area is 181 Å². The standard InChI is InChI=1S/C16H13Br2N3O3S3/c17-12-6-7-14(25-12)27(23,24)21-11(8-10-4-2-1-3-5-10)15(22)20-16-19-9-13(18)26-16/h1-7,9,11,21H,8H2,(H,19,20,22)/t11-/m0/s1. The maximum absolute atomic E-state index is 12.7. The van der Waals surface area contributed by atoms with Gasteiger partial charge in [0.15, 0.2) is 5.13 Å². The third-order valence-electron chi connectivity index (χ3n) is 3.42. The van der Waals surface area contributed by atoms with Gasteiger partial charge in [-0.15, -0.1) is 11.3 Å². The number of thiazole rings is 1. The van der Waals surface area contributed by atoms with Crippen LogP contribution in [-0.4, -0.2) is 25.4 Å². The monoisotopic (exact) mass is 549 g/mol. The first kappa shape index (κ1) is 20.6. The highest BCUT2D eigenvalue weighted by atomic mass is 79.9. The fourth-order valence-corrected chi connectivity index (χ4v) is 6.56. The summed E-state index contributed by atoms with van der Waals surface area (Å²) in [7, 11) is -3.84. The number of rotatable bonds is 7. The zero-order valence-corrected chi connectivity index (χ0v) is 19.2. The van der Waals surface area contributed by atoms with Crippen LogP contribution in [-0.2, 0) is 21.2 Å². The first-order chi connectivity index (χ1) is 12.8. The Morgan fingerprint density at radius 1 is 1.07 bits per heavy atom. The first-order valence-electron chi connectivity index (χ1n) is 7.57. The number of carbonyl (C=O) groups excluding carboxylic acids is 1. The lowest BCUT2D eigenvalue weighted by atomic mass is 10.1. The minimum Gasteiger partial charge on any atom is -0.301 e. The zero-order chi connectivity index (χ0) is 19.4. The zero-order valence-electron chi connectivity index (χ0n) is 13.6. The number of benzene rings is 1. The van der Waals surface area contributed by atoms with Crippen LogP contribution in [0, 0.1) is 0 Å². The van der Waals surface area contributed by atoms with Crippen LogP contribution >= 0.6 is 54.5 Å². The maximum atomic E-state index is 12.7. The molecule has 1 atom stereocenters. The summed E-state index contributed by atoms with van der Waals surface area (Å²) < 4.78 is 29.5. The molecule has 2 heterocycles. The van der Waals surface area contributed by atoms with Crippen molar-refractivity contribution in [1.29, 1.82) is 0 Å². The molecule has 0 aliphatic heterocycles. The average Bonchev–Trinajstić information content (AvgIpc) is 3.24. The molecule has 0 spiro atoms. The van der Waals surface area contributed by atoms with Crippen molar-refractivity contribution in [3.05, 3.63) is 61.8 Å². The topological polar surface area (TPSA) is 88.2 Å². The van der Waals surface area contributed by atoms with Gasteiger partial charge in [0.25, 0.3) is 10.0 Å². The highest BCUT2D eigenvalue weighted by molar-refractivity contribution is 9.11. The van der Waals surface area contributed by atoms with Crippen LogP contribution in [0.2, 0.25) is 0 Å². The van der Waals surface area contributed by atoms with E-state index in [0.29, 0.717) is 8.92 Å². The summed E-state index contributed by atoms with van der Waals surface area (Å²) in [5.74, 6) is -0.472. The van der Waals surface area contributed by atoms with Gasteiger partial charge >= 0.3 is 0 Å². The summed E-state index contributed by atoms with van der Waals surface area (Å²) in [5.41, 5.74) is 0.841. The van der Waals surface area contributed by atoms with Crippen molar-refractivity contribution in [3.8, 4) is 0 Å². The SMILES string of the molecule is O=C(Nc1ncc(Br)s1)[C@H](Cc1ccccc1)NS(=O)(=O)c1ccc(Br)s1. The molecule has 2 aromatic heterocycles. The van der Waals surface area contributed by atoms with Crippen LogP contribution in [0.3, 0.4) is 0 Å². The quantitative estimate of drug-likeness (QED) is 0.460. The van der Waals surface area contributed by atoms with Gasteiger partial charge in [0.1, 0.15) is 10.3 Å². The minimum absolute atomic E-state index is 0.136. The smallest absolute Gasteiger partial charge is 0.250 e. The number of nitrogens with one attached hydrogen (secondary N) is 2. The van der Waals surface area contributed by atoms with Gasteiger partial charge in [-0.05, 0) is 56.0 Å². The van der Waals surface area contributed by atoms with Gasteiger partial charge < -0.3 is 5.32 Å². The van der Waals surface area contributed by atoms with Crippen molar-refractivity contribution in [2.45, 2.75) is 16.7 Å². The van der Waals surface area contributed by atoms with Crippen LogP contribution in [0.1, 0.15) is 5.56 Å². The molecule has 3 aromatic rings. The second kappa shape index (κ2) is 8.93. The maximum Gasteiger partial charge on any atom is 0.250 e. The van der Waals surface area contributed by atoms with Crippen molar-refractivity contribution >= 4 is 75.6 Å². The lowest BCUT2D eigenvalue weighted by Crippen LogP contribution is -2.45. The number of amides is 1. The van der Waals surface area contributed by atoms with Crippen LogP contribution < -0.4 is 10.0 Å². The summed E-state index contributed by atoms with van der Waals surface area (Å²) in [4.78, 5) is 16.8. The van der Waals surface area contributed by atoms with Gasteiger partial charge in [-0.2, -0.15) is 4.72 Å². The molecule has 0 aliphatic carbocycles. The van der Waals surface area contributed by atoms with Gasteiger partial charge in [-0.25, -0.2) is 13.4 Å². The van der Waals surface area contributed by atoms with Crippen molar-refractivity contribution in [2.24, 2.45) is 0 Å². The van der Waals surface area contributed by atoms with Crippen LogP contribution in [0.4, 0.5) is 5.13 Å². The van der Waals surface area contributed by atoms with Gasteiger partial charge in [-0.3, -0.25) is 4.79 Å². The van der Waals surface area contributed by atoms with E-state index in [0.717, 1.165) is 20.7 Å². The van der Waals surface area contributed by atoms with Gasteiger partial charge in [-0.1, -0.05) is 41.7 Å². The molecule has 0 unspecified atom stereocenters. The molecule has 142 valence electrons. The third-order valence-corrected chi connectivity index (χ3v) is 8.40. The molecule has 1 amide bonds. The van der Waals surface area contributed by atoms with Crippen LogP contribution in [0.15, 0.2) is 60.4 Å². The number of carbonyl (C=O) groups is 1. The average molecular weight is 551 g/mol. The molecule has 3 rings (SSSR count). The summed E-state index contributed by atoms with van der Waals surface area (Å²) in [6.45, 7) is 0. The van der Waals surface area contributed by atoms with E-state index in [9.17, 15) is 13.2 Å². The number of halogens is 2. The van der Waals surface area contributed by atoms with E-state index in [4.69, 9.17) is 0 Å². The largest absolute Gasteiger partial charge is 0.301 e.